The van der Waals surface area contributed by atoms with E-state index < -0.39 is 5.97 Å². The molecule has 0 spiro atoms. The molecule has 1 heterocycles. The monoisotopic (exact) mass is 319 g/mol. The van der Waals surface area contributed by atoms with E-state index in [1.54, 1.807) is 11.0 Å². The SMILES string of the molecule is COc1cc(N(CC(=O)O)Cc2ccccc2)nc(SC)n1. The van der Waals surface area contributed by atoms with Crippen molar-refractivity contribution in [3.8, 4) is 5.88 Å². The van der Waals surface area contributed by atoms with Gasteiger partial charge in [0.15, 0.2) is 5.16 Å². The van der Waals surface area contributed by atoms with Crippen LogP contribution in [0.5, 0.6) is 5.88 Å². The van der Waals surface area contributed by atoms with E-state index in [1.807, 2.05) is 36.6 Å². The summed E-state index contributed by atoms with van der Waals surface area (Å²) in [5.41, 5.74) is 1.01. The number of carboxylic acids is 1. The van der Waals surface area contributed by atoms with Gasteiger partial charge in [-0.3, -0.25) is 4.79 Å². The molecule has 6 nitrogen and oxygen atoms in total. The van der Waals surface area contributed by atoms with Crippen LogP contribution in [0.25, 0.3) is 0 Å². The zero-order valence-corrected chi connectivity index (χ0v) is 13.2. The Labute approximate surface area is 133 Å². The minimum absolute atomic E-state index is 0.150. The summed E-state index contributed by atoms with van der Waals surface area (Å²) < 4.78 is 5.16. The van der Waals surface area contributed by atoms with Gasteiger partial charge in [-0.25, -0.2) is 4.98 Å². The largest absolute Gasteiger partial charge is 0.481 e. The van der Waals surface area contributed by atoms with Crippen LogP contribution in [0.3, 0.4) is 0 Å². The van der Waals surface area contributed by atoms with Crippen molar-refractivity contribution in [1.82, 2.24) is 9.97 Å². The molecule has 0 radical (unpaired) electrons. The number of hydrogen-bond donors (Lipinski definition) is 1. The molecule has 0 amide bonds. The molecule has 1 N–H and O–H groups in total. The molecule has 0 saturated carbocycles. The minimum atomic E-state index is -0.917. The molecule has 1 aromatic carbocycles. The van der Waals surface area contributed by atoms with E-state index in [9.17, 15) is 4.79 Å². The predicted molar refractivity (Wildman–Crippen MR) is 85.5 cm³/mol. The average molecular weight is 319 g/mol. The topological polar surface area (TPSA) is 75.5 Å². The van der Waals surface area contributed by atoms with E-state index >= 15 is 0 Å². The molecule has 1 aromatic heterocycles. The Hall–Kier alpha value is -2.28. The van der Waals surface area contributed by atoms with Crippen molar-refractivity contribution < 1.29 is 14.6 Å². The molecular formula is C15H17N3O3S. The highest BCUT2D eigenvalue weighted by atomic mass is 32.2. The number of ether oxygens (including phenoxy) is 1. The highest BCUT2D eigenvalue weighted by Gasteiger charge is 2.15. The second-order valence-corrected chi connectivity index (χ2v) is 5.26. The molecule has 0 fully saturated rings. The van der Waals surface area contributed by atoms with Gasteiger partial charge in [0.1, 0.15) is 12.4 Å². The molecule has 2 aromatic rings. The van der Waals surface area contributed by atoms with Crippen LogP contribution >= 0.6 is 11.8 Å². The summed E-state index contributed by atoms with van der Waals surface area (Å²) >= 11 is 1.38. The van der Waals surface area contributed by atoms with E-state index in [0.29, 0.717) is 23.4 Å². The third kappa shape index (κ3) is 4.36. The lowest BCUT2D eigenvalue weighted by molar-refractivity contribution is -0.135. The van der Waals surface area contributed by atoms with Crippen LogP contribution in [-0.2, 0) is 11.3 Å². The summed E-state index contributed by atoms with van der Waals surface area (Å²) in [7, 11) is 1.52. The fourth-order valence-electron chi connectivity index (χ4n) is 1.94. The average Bonchev–Trinajstić information content (AvgIpc) is 2.54. The Morgan fingerprint density at radius 1 is 1.32 bits per heavy atom. The molecule has 0 atom stereocenters. The summed E-state index contributed by atoms with van der Waals surface area (Å²) in [6.07, 6.45) is 1.86. The van der Waals surface area contributed by atoms with Crippen molar-refractivity contribution in [2.75, 3.05) is 24.8 Å². The standard InChI is InChI=1S/C15H17N3O3S/c1-21-13-8-12(16-15(17-13)22-2)18(10-14(19)20)9-11-6-4-3-5-7-11/h3-8H,9-10H2,1-2H3,(H,19,20). The maximum atomic E-state index is 11.2. The number of anilines is 1. The van der Waals surface area contributed by atoms with E-state index in [1.165, 1.54) is 18.9 Å². The number of benzene rings is 1. The van der Waals surface area contributed by atoms with Gasteiger partial charge in [0.2, 0.25) is 5.88 Å². The Balaban J connectivity index is 2.34. The van der Waals surface area contributed by atoms with Crippen LogP contribution in [0.4, 0.5) is 5.82 Å². The summed E-state index contributed by atoms with van der Waals surface area (Å²) in [5, 5.41) is 9.69. The predicted octanol–water partition coefficient (Wildman–Crippen LogP) is 2.30. The number of rotatable bonds is 7. The second-order valence-electron chi connectivity index (χ2n) is 4.49. The lowest BCUT2D eigenvalue weighted by Crippen LogP contribution is -2.30. The molecule has 0 bridgehead atoms. The number of hydrogen-bond acceptors (Lipinski definition) is 6. The highest BCUT2D eigenvalue weighted by Crippen LogP contribution is 2.23. The lowest BCUT2D eigenvalue weighted by Gasteiger charge is -2.22. The second kappa shape index (κ2) is 7.65. The Kier molecular flexibility index (Phi) is 5.60. The molecular weight excluding hydrogens is 302 g/mol. The van der Waals surface area contributed by atoms with Crippen molar-refractivity contribution in [2.24, 2.45) is 0 Å². The zero-order valence-electron chi connectivity index (χ0n) is 12.4. The van der Waals surface area contributed by atoms with Crippen LogP contribution in [0.15, 0.2) is 41.6 Å². The smallest absolute Gasteiger partial charge is 0.323 e. The Morgan fingerprint density at radius 3 is 2.64 bits per heavy atom. The molecule has 0 saturated heterocycles. The van der Waals surface area contributed by atoms with Gasteiger partial charge in [0.25, 0.3) is 0 Å². The van der Waals surface area contributed by atoms with Gasteiger partial charge in [-0.2, -0.15) is 4.98 Å². The first-order chi connectivity index (χ1) is 10.6. The van der Waals surface area contributed by atoms with Crippen molar-refractivity contribution in [1.29, 1.82) is 0 Å². The van der Waals surface area contributed by atoms with Crippen LogP contribution in [-0.4, -0.2) is 41.0 Å². The first-order valence-corrected chi connectivity index (χ1v) is 7.82. The van der Waals surface area contributed by atoms with Crippen molar-refractivity contribution in [2.45, 2.75) is 11.7 Å². The third-order valence-electron chi connectivity index (χ3n) is 2.93. The normalized spacial score (nSPS) is 10.3. The number of carboxylic acid groups (broad SMARTS) is 1. The summed E-state index contributed by atoms with van der Waals surface area (Å²) in [4.78, 5) is 21.4. The lowest BCUT2D eigenvalue weighted by atomic mass is 10.2. The molecule has 116 valence electrons. The summed E-state index contributed by atoms with van der Waals surface area (Å²) in [5.74, 6) is 0.0273. The van der Waals surface area contributed by atoms with Crippen LogP contribution in [0, 0.1) is 0 Å². The molecule has 7 heteroatoms. The first-order valence-electron chi connectivity index (χ1n) is 6.60. The maximum absolute atomic E-state index is 11.2. The number of aromatic nitrogens is 2. The van der Waals surface area contributed by atoms with E-state index in [2.05, 4.69) is 9.97 Å². The quantitative estimate of drug-likeness (QED) is 0.620. The van der Waals surface area contributed by atoms with Crippen LogP contribution in [0.2, 0.25) is 0 Å². The molecule has 0 aliphatic rings. The molecule has 2 rings (SSSR count). The van der Waals surface area contributed by atoms with Gasteiger partial charge in [0, 0.05) is 12.6 Å². The van der Waals surface area contributed by atoms with Crippen molar-refractivity contribution >= 4 is 23.5 Å². The number of thioether (sulfide) groups is 1. The highest BCUT2D eigenvalue weighted by molar-refractivity contribution is 7.98. The molecule has 0 aliphatic heterocycles. The van der Waals surface area contributed by atoms with E-state index in [-0.39, 0.29) is 6.54 Å². The number of nitrogens with zero attached hydrogens (tertiary/aromatic N) is 3. The van der Waals surface area contributed by atoms with E-state index in [4.69, 9.17) is 9.84 Å². The summed E-state index contributed by atoms with van der Waals surface area (Å²) in [6, 6.07) is 11.3. The van der Waals surface area contributed by atoms with Crippen LogP contribution < -0.4 is 9.64 Å². The Bertz CT molecular complexity index is 615. The molecule has 22 heavy (non-hydrogen) atoms. The Morgan fingerprint density at radius 2 is 2.05 bits per heavy atom. The van der Waals surface area contributed by atoms with Gasteiger partial charge < -0.3 is 14.7 Å². The van der Waals surface area contributed by atoms with Crippen LogP contribution in [0.1, 0.15) is 5.56 Å². The number of aliphatic carboxylic acids is 1. The van der Waals surface area contributed by atoms with Gasteiger partial charge >= 0.3 is 5.97 Å². The fourth-order valence-corrected chi connectivity index (χ4v) is 2.30. The van der Waals surface area contributed by atoms with Gasteiger partial charge in [-0.05, 0) is 11.8 Å². The van der Waals surface area contributed by atoms with Crippen molar-refractivity contribution in [3.05, 3.63) is 42.0 Å². The summed E-state index contributed by atoms with van der Waals surface area (Å²) in [6.45, 7) is 0.296. The molecule has 0 aliphatic carbocycles. The van der Waals surface area contributed by atoms with Crippen molar-refractivity contribution in [3.63, 3.8) is 0 Å². The number of carbonyl (C=O) groups is 1. The minimum Gasteiger partial charge on any atom is -0.481 e. The molecule has 0 unspecified atom stereocenters. The van der Waals surface area contributed by atoms with Gasteiger partial charge in [-0.1, -0.05) is 42.1 Å². The zero-order chi connectivity index (χ0) is 15.9. The maximum Gasteiger partial charge on any atom is 0.323 e. The van der Waals surface area contributed by atoms with E-state index in [0.717, 1.165) is 5.56 Å². The number of methoxy groups -OCH3 is 1. The van der Waals surface area contributed by atoms with Gasteiger partial charge in [-0.15, -0.1) is 0 Å². The fraction of sp³-hybridized carbons (Fsp3) is 0.267. The first kappa shape index (κ1) is 16.1. The third-order valence-corrected chi connectivity index (χ3v) is 3.47. The van der Waals surface area contributed by atoms with Gasteiger partial charge in [0.05, 0.1) is 7.11 Å².